The molecule has 2 aromatic carbocycles. The van der Waals surface area contributed by atoms with E-state index in [0.29, 0.717) is 18.8 Å². The van der Waals surface area contributed by atoms with E-state index < -0.39 is 0 Å². The number of hydrogen-bond donors (Lipinski definition) is 1. The van der Waals surface area contributed by atoms with Gasteiger partial charge in [-0.15, -0.1) is 0 Å². The van der Waals surface area contributed by atoms with Crippen LogP contribution in [0.15, 0.2) is 48.5 Å². The molecule has 158 valence electrons. The first-order valence-electron chi connectivity index (χ1n) is 10.5. The van der Waals surface area contributed by atoms with Crippen molar-refractivity contribution in [3.63, 3.8) is 0 Å². The van der Waals surface area contributed by atoms with E-state index in [1.807, 2.05) is 47.9 Å². The zero-order chi connectivity index (χ0) is 21.3. The highest BCUT2D eigenvalue weighted by atomic mass is 16.5. The molecule has 6 nitrogen and oxygen atoms in total. The summed E-state index contributed by atoms with van der Waals surface area (Å²) in [6.45, 7) is 5.30. The number of phenolic OH excluding ortho intramolecular Hbond substituents is 1. The summed E-state index contributed by atoms with van der Waals surface area (Å²) in [5.74, 6) is 0.600. The van der Waals surface area contributed by atoms with Gasteiger partial charge < -0.3 is 19.6 Å². The minimum Gasteiger partial charge on any atom is -0.508 e. The lowest BCUT2D eigenvalue weighted by Crippen LogP contribution is -2.43. The average molecular weight is 408 g/mol. The van der Waals surface area contributed by atoms with Crippen molar-refractivity contribution in [3.8, 4) is 11.5 Å². The Bertz CT molecular complexity index is 910. The van der Waals surface area contributed by atoms with Crippen LogP contribution in [-0.2, 0) is 9.59 Å². The molecule has 2 aliphatic heterocycles. The van der Waals surface area contributed by atoms with Crippen LogP contribution in [0.4, 0.5) is 0 Å². The van der Waals surface area contributed by atoms with Gasteiger partial charge in [-0.2, -0.15) is 0 Å². The van der Waals surface area contributed by atoms with Gasteiger partial charge in [-0.25, -0.2) is 0 Å². The molecule has 2 saturated heterocycles. The molecule has 0 radical (unpaired) electrons. The van der Waals surface area contributed by atoms with Gasteiger partial charge in [-0.05, 0) is 56.5 Å². The highest BCUT2D eigenvalue weighted by Crippen LogP contribution is 2.34. The van der Waals surface area contributed by atoms with Crippen molar-refractivity contribution in [2.24, 2.45) is 0 Å². The lowest BCUT2D eigenvalue weighted by molar-refractivity contribution is -0.136. The molecule has 0 aromatic heterocycles. The zero-order valence-electron chi connectivity index (χ0n) is 17.5. The summed E-state index contributed by atoms with van der Waals surface area (Å²) in [4.78, 5) is 29.8. The number of ether oxygens (including phenoxy) is 1. The molecule has 0 aliphatic carbocycles. The van der Waals surface area contributed by atoms with Gasteiger partial charge in [0.15, 0.2) is 6.61 Å². The zero-order valence-corrected chi connectivity index (χ0v) is 17.5. The van der Waals surface area contributed by atoms with Gasteiger partial charge >= 0.3 is 0 Å². The number of carbonyl (C=O) groups excluding carboxylic acids is 2. The van der Waals surface area contributed by atoms with Gasteiger partial charge in [0.25, 0.3) is 5.91 Å². The minimum absolute atomic E-state index is 0.0400. The third kappa shape index (κ3) is 3.99. The number of rotatable bonds is 5. The number of fused-ring (bicyclic) bond motifs is 1. The van der Waals surface area contributed by atoms with E-state index in [0.717, 1.165) is 18.4 Å². The molecule has 3 atom stereocenters. The van der Waals surface area contributed by atoms with Crippen LogP contribution in [0, 0.1) is 6.92 Å². The molecular formula is C24H28N2O4. The van der Waals surface area contributed by atoms with Crippen molar-refractivity contribution in [2.45, 2.75) is 44.7 Å². The molecule has 1 unspecified atom stereocenters. The summed E-state index contributed by atoms with van der Waals surface area (Å²) < 4.78 is 5.58. The first kappa shape index (κ1) is 20.3. The molecule has 6 heteroatoms. The van der Waals surface area contributed by atoms with Gasteiger partial charge in [-0.3, -0.25) is 9.59 Å². The fraction of sp³-hybridized carbons (Fsp3) is 0.417. The maximum Gasteiger partial charge on any atom is 0.260 e. The van der Waals surface area contributed by atoms with Crippen molar-refractivity contribution in [1.29, 1.82) is 0 Å². The molecular weight excluding hydrogens is 380 g/mol. The van der Waals surface area contributed by atoms with Crippen LogP contribution in [0.1, 0.15) is 36.8 Å². The molecule has 1 N–H and O–H groups in total. The number of aromatic hydroxyl groups is 1. The first-order valence-corrected chi connectivity index (χ1v) is 10.5. The van der Waals surface area contributed by atoms with Gasteiger partial charge in [0.1, 0.15) is 11.5 Å². The highest BCUT2D eigenvalue weighted by Gasteiger charge is 2.46. The second-order valence-electron chi connectivity index (χ2n) is 8.25. The smallest absolute Gasteiger partial charge is 0.260 e. The van der Waals surface area contributed by atoms with Crippen molar-refractivity contribution < 1.29 is 19.4 Å². The summed E-state index contributed by atoms with van der Waals surface area (Å²) in [7, 11) is 0. The van der Waals surface area contributed by atoms with E-state index in [1.165, 1.54) is 17.7 Å². The second-order valence-corrected chi connectivity index (χ2v) is 8.25. The first-order chi connectivity index (χ1) is 14.4. The topological polar surface area (TPSA) is 70.1 Å². The Labute approximate surface area is 177 Å². The normalized spacial score (nSPS) is 21.4. The van der Waals surface area contributed by atoms with Crippen molar-refractivity contribution in [1.82, 2.24) is 9.80 Å². The number of benzene rings is 2. The van der Waals surface area contributed by atoms with E-state index >= 15 is 0 Å². The maximum atomic E-state index is 13.2. The fourth-order valence-electron chi connectivity index (χ4n) is 4.59. The Morgan fingerprint density at radius 3 is 2.27 bits per heavy atom. The van der Waals surface area contributed by atoms with Crippen molar-refractivity contribution >= 4 is 11.8 Å². The van der Waals surface area contributed by atoms with E-state index in [9.17, 15) is 14.7 Å². The van der Waals surface area contributed by atoms with E-state index in [2.05, 4.69) is 0 Å². The Morgan fingerprint density at radius 1 is 1.00 bits per heavy atom. The standard InChI is InChI=1S/C24H28N2O4/c1-16-3-5-18(6-4-16)17(2)24(29)26-14-12-21-22(26)11-13-25(21)23(28)15-30-20-9-7-19(27)8-10-20/h3-10,17,21-22,27H,11-15H2,1-2H3/t17?,21-,22+/m1/s1. The Balaban J connectivity index is 1.36. The molecule has 0 saturated carbocycles. The number of amides is 2. The van der Waals surface area contributed by atoms with Crippen LogP contribution in [0.3, 0.4) is 0 Å². The number of aryl methyl sites for hydroxylation is 1. The molecule has 2 aliphatic rings. The van der Waals surface area contributed by atoms with Crippen LogP contribution in [0.5, 0.6) is 11.5 Å². The van der Waals surface area contributed by atoms with Crippen LogP contribution >= 0.6 is 0 Å². The van der Waals surface area contributed by atoms with Crippen molar-refractivity contribution in [2.75, 3.05) is 19.7 Å². The summed E-state index contributed by atoms with van der Waals surface area (Å²) >= 11 is 0. The summed E-state index contributed by atoms with van der Waals surface area (Å²) in [6.07, 6.45) is 1.62. The Morgan fingerprint density at radius 2 is 1.60 bits per heavy atom. The average Bonchev–Trinajstić information content (AvgIpc) is 3.35. The SMILES string of the molecule is Cc1ccc(C(C)C(=O)N2CC[C@@H]3[C@@H]2CCN3C(=O)COc2ccc(O)cc2)cc1. The second kappa shape index (κ2) is 8.38. The number of carbonyl (C=O) groups is 2. The molecule has 4 rings (SSSR count). The fourth-order valence-corrected chi connectivity index (χ4v) is 4.59. The maximum absolute atomic E-state index is 13.2. The Hall–Kier alpha value is -3.02. The summed E-state index contributed by atoms with van der Waals surface area (Å²) in [5.41, 5.74) is 2.21. The molecule has 2 aromatic rings. The van der Waals surface area contributed by atoms with Crippen LogP contribution in [-0.4, -0.2) is 58.5 Å². The predicted octanol–water partition coefficient (Wildman–Crippen LogP) is 3.08. The summed E-state index contributed by atoms with van der Waals surface area (Å²) in [5, 5.41) is 9.34. The third-order valence-corrected chi connectivity index (χ3v) is 6.33. The van der Waals surface area contributed by atoms with Gasteiger partial charge in [0, 0.05) is 13.1 Å². The monoisotopic (exact) mass is 408 g/mol. The molecule has 0 bridgehead atoms. The van der Waals surface area contributed by atoms with Gasteiger partial charge in [-0.1, -0.05) is 29.8 Å². The highest BCUT2D eigenvalue weighted by molar-refractivity contribution is 5.84. The van der Waals surface area contributed by atoms with E-state index in [4.69, 9.17) is 4.74 Å². The number of hydrogen-bond acceptors (Lipinski definition) is 4. The number of likely N-dealkylation sites (tertiary alicyclic amines) is 2. The molecule has 2 amide bonds. The quantitative estimate of drug-likeness (QED) is 0.826. The Kier molecular flexibility index (Phi) is 5.66. The van der Waals surface area contributed by atoms with Crippen molar-refractivity contribution in [3.05, 3.63) is 59.7 Å². The predicted molar refractivity (Wildman–Crippen MR) is 113 cm³/mol. The van der Waals surface area contributed by atoms with Gasteiger partial charge in [0.2, 0.25) is 5.91 Å². The lowest BCUT2D eigenvalue weighted by atomic mass is 9.98. The van der Waals surface area contributed by atoms with Crippen LogP contribution in [0.2, 0.25) is 0 Å². The molecule has 0 spiro atoms. The van der Waals surface area contributed by atoms with Gasteiger partial charge in [0.05, 0.1) is 18.0 Å². The van der Waals surface area contributed by atoms with E-state index in [-0.39, 0.29) is 42.2 Å². The third-order valence-electron chi connectivity index (χ3n) is 6.33. The van der Waals surface area contributed by atoms with Crippen LogP contribution < -0.4 is 4.74 Å². The number of phenols is 1. The van der Waals surface area contributed by atoms with Crippen LogP contribution in [0.25, 0.3) is 0 Å². The molecule has 30 heavy (non-hydrogen) atoms. The number of nitrogens with zero attached hydrogens (tertiary/aromatic N) is 2. The summed E-state index contributed by atoms with van der Waals surface area (Å²) in [6, 6.07) is 14.6. The lowest BCUT2D eigenvalue weighted by Gasteiger charge is -2.28. The van der Waals surface area contributed by atoms with E-state index in [1.54, 1.807) is 12.1 Å². The molecule has 2 heterocycles. The largest absolute Gasteiger partial charge is 0.508 e. The molecule has 2 fully saturated rings. The minimum atomic E-state index is -0.188.